The molecule has 6 heteroatoms. The van der Waals surface area contributed by atoms with Gasteiger partial charge >= 0.3 is 0 Å². The van der Waals surface area contributed by atoms with E-state index in [9.17, 15) is 15.3 Å². The highest BCUT2D eigenvalue weighted by atomic mass is 16.7. The Labute approximate surface area is 387 Å². The van der Waals surface area contributed by atoms with Gasteiger partial charge in [0, 0.05) is 22.0 Å². The van der Waals surface area contributed by atoms with Crippen molar-refractivity contribution in [3.05, 3.63) is 128 Å². The zero-order valence-corrected chi connectivity index (χ0v) is 41.6. The summed E-state index contributed by atoms with van der Waals surface area (Å²) in [6, 6.07) is 25.6. The lowest BCUT2D eigenvalue weighted by Gasteiger charge is -2.34. The molecule has 6 nitrogen and oxygen atoms in total. The summed E-state index contributed by atoms with van der Waals surface area (Å²) >= 11 is 0. The van der Waals surface area contributed by atoms with Crippen molar-refractivity contribution in [2.75, 3.05) is 13.2 Å². The van der Waals surface area contributed by atoms with Crippen LogP contribution in [0.4, 0.5) is 0 Å². The molecule has 1 aliphatic heterocycles. The lowest BCUT2D eigenvalue weighted by molar-refractivity contribution is -0.141. The van der Waals surface area contributed by atoms with Crippen LogP contribution in [0.5, 0.6) is 11.5 Å². The molecule has 1 fully saturated rings. The summed E-state index contributed by atoms with van der Waals surface area (Å²) in [7, 11) is 0. The zero-order chi connectivity index (χ0) is 47.5. The molecule has 1 heterocycles. The summed E-state index contributed by atoms with van der Waals surface area (Å²) in [6.45, 7) is 30.0. The highest BCUT2D eigenvalue weighted by molar-refractivity contribution is 5.52. The summed E-state index contributed by atoms with van der Waals surface area (Å²) in [5.74, 6) is 13.3. The number of phenolic OH excluding ortho intramolecular Hbond substituents is 1. The molecule has 0 unspecified atom stereocenters. The van der Waals surface area contributed by atoms with Gasteiger partial charge in [0.15, 0.2) is 5.79 Å². The maximum absolute atomic E-state index is 10.6. The quantitative estimate of drug-likeness (QED) is 0.103. The van der Waals surface area contributed by atoms with Crippen LogP contribution in [0.25, 0.3) is 0 Å². The molecule has 1 aliphatic rings. The second-order valence-corrected chi connectivity index (χ2v) is 18.4. The Morgan fingerprint density at radius 3 is 1.30 bits per heavy atom. The van der Waals surface area contributed by atoms with Crippen molar-refractivity contribution in [3.8, 4) is 35.2 Å². The number of aryl methyl sites for hydroxylation is 4. The topological polar surface area (TPSA) is 88.4 Å². The van der Waals surface area contributed by atoms with E-state index in [-0.39, 0.29) is 16.9 Å². The van der Waals surface area contributed by atoms with Crippen LogP contribution in [0.1, 0.15) is 176 Å². The molecule has 1 atom stereocenters. The maximum atomic E-state index is 10.6. The lowest BCUT2D eigenvalue weighted by atomic mass is 9.70. The van der Waals surface area contributed by atoms with Gasteiger partial charge in [-0.15, -0.1) is 0 Å². The van der Waals surface area contributed by atoms with Gasteiger partial charge in [-0.05, 0) is 162 Å². The van der Waals surface area contributed by atoms with E-state index in [1.807, 2.05) is 54.5 Å². The van der Waals surface area contributed by atoms with E-state index in [1.54, 1.807) is 6.07 Å². The summed E-state index contributed by atoms with van der Waals surface area (Å²) in [5.41, 5.74) is 9.30. The standard InChI is InChI=1S/C32H44O4.C26H34O2/c1-9-31(33,10-2)18-17-25-13-14-26(19-23(25)5)32(11-3,12-4)27-15-16-29(24(6)20-27)34-21-28-22-35-30(7,8)36-28;1-7-25(28,8-2)16-15-21-11-12-22(17-19(21)5)26(9-3,10-4)23-13-14-24(27)20(6)18-23/h13-16,19-20,28,33H,9-12,21-22H2,1-8H3;11-14,17-18,27-28H,7-10H2,1-6H3/t28-;/m1./s1. The summed E-state index contributed by atoms with van der Waals surface area (Å²) in [5, 5.41) is 30.9. The van der Waals surface area contributed by atoms with Crippen molar-refractivity contribution in [1.29, 1.82) is 0 Å². The highest BCUT2D eigenvalue weighted by Crippen LogP contribution is 2.42. The largest absolute Gasteiger partial charge is 0.508 e. The number of phenols is 1. The molecular formula is C58H78O6. The first-order valence-corrected chi connectivity index (χ1v) is 23.9. The molecule has 0 amide bonds. The predicted molar refractivity (Wildman–Crippen MR) is 264 cm³/mol. The fourth-order valence-electron chi connectivity index (χ4n) is 8.98. The molecule has 0 aromatic heterocycles. The third kappa shape index (κ3) is 12.0. The lowest BCUT2D eigenvalue weighted by Crippen LogP contribution is -2.27. The predicted octanol–water partition coefficient (Wildman–Crippen LogP) is 12.9. The fraction of sp³-hybridized carbons (Fsp3) is 0.517. The van der Waals surface area contributed by atoms with Crippen LogP contribution in [-0.4, -0.2) is 51.6 Å². The van der Waals surface area contributed by atoms with E-state index in [0.717, 1.165) is 64.8 Å². The minimum absolute atomic E-state index is 0.0558. The number of aromatic hydroxyl groups is 1. The van der Waals surface area contributed by atoms with E-state index < -0.39 is 17.0 Å². The summed E-state index contributed by atoms with van der Waals surface area (Å²) in [4.78, 5) is 0. The van der Waals surface area contributed by atoms with Gasteiger partial charge in [-0.25, -0.2) is 0 Å². The monoisotopic (exact) mass is 871 g/mol. The maximum Gasteiger partial charge on any atom is 0.163 e. The Balaban J connectivity index is 0.000000290. The second-order valence-electron chi connectivity index (χ2n) is 18.4. The van der Waals surface area contributed by atoms with Gasteiger partial charge in [-0.1, -0.05) is 128 Å². The molecular weight excluding hydrogens is 793 g/mol. The fourth-order valence-corrected chi connectivity index (χ4v) is 8.98. The molecule has 4 aromatic rings. The molecule has 0 bridgehead atoms. The van der Waals surface area contributed by atoms with Crippen molar-refractivity contribution in [1.82, 2.24) is 0 Å². The highest BCUT2D eigenvalue weighted by Gasteiger charge is 2.35. The number of ether oxygens (including phenoxy) is 3. The second kappa shape index (κ2) is 22.1. The van der Waals surface area contributed by atoms with Gasteiger partial charge < -0.3 is 29.5 Å². The Hall–Kier alpha value is -4.56. The molecule has 3 N–H and O–H groups in total. The normalized spacial score (nSPS) is 15.0. The van der Waals surface area contributed by atoms with Crippen molar-refractivity contribution >= 4 is 0 Å². The Morgan fingerprint density at radius 2 is 0.953 bits per heavy atom. The van der Waals surface area contributed by atoms with Crippen molar-refractivity contribution in [2.24, 2.45) is 0 Å². The van der Waals surface area contributed by atoms with Gasteiger partial charge in [0.1, 0.15) is 35.4 Å². The molecule has 0 radical (unpaired) electrons. The summed E-state index contributed by atoms with van der Waals surface area (Å²) in [6.07, 6.45) is 6.38. The van der Waals surface area contributed by atoms with Gasteiger partial charge in [0.2, 0.25) is 0 Å². The third-order valence-corrected chi connectivity index (χ3v) is 14.1. The van der Waals surface area contributed by atoms with Crippen LogP contribution in [0, 0.1) is 51.4 Å². The number of benzene rings is 4. The minimum Gasteiger partial charge on any atom is -0.508 e. The van der Waals surface area contributed by atoms with Gasteiger partial charge in [-0.3, -0.25) is 0 Å². The molecule has 0 saturated carbocycles. The number of hydrogen-bond donors (Lipinski definition) is 3. The first-order valence-electron chi connectivity index (χ1n) is 23.9. The first-order chi connectivity index (χ1) is 30.3. The Bertz CT molecular complexity index is 2300. The molecule has 4 aromatic carbocycles. The van der Waals surface area contributed by atoms with Crippen LogP contribution in [-0.2, 0) is 20.3 Å². The molecule has 0 aliphatic carbocycles. The molecule has 1 saturated heterocycles. The van der Waals surface area contributed by atoms with E-state index in [0.29, 0.717) is 44.6 Å². The molecule has 64 heavy (non-hydrogen) atoms. The first kappa shape index (κ1) is 52.1. The molecule has 5 rings (SSSR count). The van der Waals surface area contributed by atoms with Gasteiger partial charge in [0.25, 0.3) is 0 Å². The number of rotatable bonds is 15. The average Bonchev–Trinajstić information content (AvgIpc) is 3.65. The van der Waals surface area contributed by atoms with Crippen LogP contribution in [0.3, 0.4) is 0 Å². The van der Waals surface area contributed by atoms with E-state index in [4.69, 9.17) is 14.2 Å². The van der Waals surface area contributed by atoms with Crippen molar-refractivity contribution in [3.63, 3.8) is 0 Å². The molecule has 0 spiro atoms. The van der Waals surface area contributed by atoms with Gasteiger partial charge in [-0.2, -0.15) is 0 Å². The smallest absolute Gasteiger partial charge is 0.163 e. The van der Waals surface area contributed by atoms with E-state index in [2.05, 4.69) is 133 Å². The minimum atomic E-state index is -0.920. The van der Waals surface area contributed by atoms with Gasteiger partial charge in [0.05, 0.1) is 6.61 Å². The summed E-state index contributed by atoms with van der Waals surface area (Å²) < 4.78 is 17.7. The van der Waals surface area contributed by atoms with E-state index >= 15 is 0 Å². The SMILES string of the molecule is CCC(O)(C#Cc1ccc(C(CC)(CC)c2ccc(O)c(C)c2)cc1C)CC.CCC(O)(C#Cc1ccc(C(CC)(CC)c2ccc(OC[C@@H]3COC(C)(C)O3)c(C)c2)cc1C)CC. The van der Waals surface area contributed by atoms with Crippen LogP contribution >= 0.6 is 0 Å². The van der Waals surface area contributed by atoms with Crippen LogP contribution < -0.4 is 4.74 Å². The molecule has 346 valence electrons. The third-order valence-electron chi connectivity index (χ3n) is 14.1. The zero-order valence-electron chi connectivity index (χ0n) is 41.6. The number of hydrogen-bond acceptors (Lipinski definition) is 6. The van der Waals surface area contributed by atoms with Crippen LogP contribution in [0.2, 0.25) is 0 Å². The Kier molecular flexibility index (Phi) is 18.0. The van der Waals surface area contributed by atoms with Crippen molar-refractivity contribution in [2.45, 2.75) is 182 Å². The Morgan fingerprint density at radius 1 is 0.562 bits per heavy atom. The van der Waals surface area contributed by atoms with Crippen LogP contribution in [0.15, 0.2) is 72.8 Å². The van der Waals surface area contributed by atoms with E-state index in [1.165, 1.54) is 22.3 Å². The number of aliphatic hydroxyl groups is 2. The average molecular weight is 871 g/mol. The van der Waals surface area contributed by atoms with Crippen molar-refractivity contribution < 1.29 is 29.5 Å².